The van der Waals surface area contributed by atoms with E-state index in [0.29, 0.717) is 41.1 Å². The van der Waals surface area contributed by atoms with Gasteiger partial charge in [-0.3, -0.25) is 23.8 Å². The first-order chi connectivity index (χ1) is 22.2. The minimum atomic E-state index is -5.35. The Morgan fingerprint density at radius 3 is 2.47 bits per heavy atom. The van der Waals surface area contributed by atoms with Crippen molar-refractivity contribution in [3.8, 4) is 17.0 Å². The summed E-state index contributed by atoms with van der Waals surface area (Å²) in [6, 6.07) is 12.0. The number of piperidine rings is 1. The Labute approximate surface area is 273 Å². The summed E-state index contributed by atoms with van der Waals surface area (Å²) in [6.45, 7) is 4.84. The molecule has 0 unspecified atom stereocenters. The standard InChI is InChI=1S/C29H31ClN6O9P2/c1-2-20(37)14-17-7-6-8-18(13-17)26-25-27(30)34-35-28(25)33-29(32-26)31-19-9-10-21(36-11-4-3-5-12-36)22(15-19)45-23(38)16-24(46(39,40)41)47(42,43)44/h2,6-10,13,15,24H,1,3-5,11-12,14,16H2,(H2,39,40,41)(H2,42,43,44)(H2,31,32,33,34,35). The molecule has 0 spiro atoms. The first-order valence-corrected chi connectivity index (χ1v) is 18.1. The Bertz CT molecular complexity index is 1910. The molecule has 5 rings (SSSR count). The molecule has 0 radical (unpaired) electrons. The molecule has 0 aliphatic carbocycles. The lowest BCUT2D eigenvalue weighted by molar-refractivity contribution is -0.134. The van der Waals surface area contributed by atoms with E-state index in [1.54, 1.807) is 36.4 Å². The molecule has 0 atom stereocenters. The number of H-pyrrole nitrogens is 1. The number of halogens is 1. The molecular formula is C29H31ClN6O9P2. The molecule has 6 N–H and O–H groups in total. The molecule has 1 aliphatic rings. The highest BCUT2D eigenvalue weighted by molar-refractivity contribution is 7.70. The molecule has 0 amide bonds. The van der Waals surface area contributed by atoms with Crippen molar-refractivity contribution in [3.05, 3.63) is 65.8 Å². The molecule has 3 heterocycles. The fourth-order valence-corrected chi connectivity index (χ4v) is 7.76. The number of benzene rings is 2. The fourth-order valence-electron chi connectivity index (χ4n) is 5.20. The number of hydrogen-bond acceptors (Lipinski definition) is 10. The monoisotopic (exact) mass is 704 g/mol. The van der Waals surface area contributed by atoms with E-state index >= 15 is 0 Å². The largest absolute Gasteiger partial charge is 0.424 e. The van der Waals surface area contributed by atoms with Gasteiger partial charge in [0.15, 0.2) is 22.6 Å². The van der Waals surface area contributed by atoms with E-state index in [-0.39, 0.29) is 34.7 Å². The third kappa shape index (κ3) is 8.32. The van der Waals surface area contributed by atoms with Crippen LogP contribution in [0.25, 0.3) is 22.3 Å². The molecule has 0 saturated carbocycles. The van der Waals surface area contributed by atoms with E-state index in [2.05, 4.69) is 32.1 Å². The molecule has 248 valence electrons. The van der Waals surface area contributed by atoms with Gasteiger partial charge in [-0.05, 0) is 49.1 Å². The number of aromatic nitrogens is 4. The SMILES string of the molecule is C=CC(=O)Cc1cccc(-c2nc(Nc3ccc(N4CCCCC4)c(OC(=O)CC(P(=O)(O)O)P(=O)(O)O)c3)nc3n[nH]c(Cl)c23)c1. The van der Waals surface area contributed by atoms with Crippen LogP contribution in [0.15, 0.2) is 55.1 Å². The Balaban J connectivity index is 1.50. The van der Waals surface area contributed by atoms with Crippen molar-refractivity contribution in [2.45, 2.75) is 37.5 Å². The van der Waals surface area contributed by atoms with Gasteiger partial charge >= 0.3 is 21.2 Å². The number of ether oxygens (including phenoxy) is 1. The number of carbonyl (C=O) groups excluding carboxylic acids is 2. The summed E-state index contributed by atoms with van der Waals surface area (Å²) in [6.07, 6.45) is 2.97. The Morgan fingerprint density at radius 1 is 1.06 bits per heavy atom. The zero-order valence-corrected chi connectivity index (χ0v) is 27.3. The number of aromatic amines is 1. The molecule has 15 nitrogen and oxygen atoms in total. The minimum absolute atomic E-state index is 0.000719. The van der Waals surface area contributed by atoms with E-state index in [1.807, 2.05) is 4.90 Å². The van der Waals surface area contributed by atoms with Crippen molar-refractivity contribution >= 4 is 66.9 Å². The third-order valence-electron chi connectivity index (χ3n) is 7.44. The molecule has 18 heteroatoms. The van der Waals surface area contributed by atoms with Gasteiger partial charge in [0.2, 0.25) is 5.95 Å². The second kappa shape index (κ2) is 14.0. The number of rotatable bonds is 12. The number of carbonyl (C=O) groups is 2. The van der Waals surface area contributed by atoms with E-state index in [1.165, 1.54) is 12.1 Å². The van der Waals surface area contributed by atoms with Gasteiger partial charge in [0.05, 0.1) is 23.2 Å². The molecule has 0 bridgehead atoms. The van der Waals surface area contributed by atoms with Crippen LogP contribution in [-0.4, -0.2) is 70.0 Å². The van der Waals surface area contributed by atoms with Gasteiger partial charge in [0, 0.05) is 36.8 Å². The van der Waals surface area contributed by atoms with Gasteiger partial charge < -0.3 is 34.5 Å². The van der Waals surface area contributed by atoms with E-state index in [0.717, 1.165) is 24.8 Å². The summed E-state index contributed by atoms with van der Waals surface area (Å²) < 4.78 is 29.0. The average Bonchev–Trinajstić information content (AvgIpc) is 3.39. The van der Waals surface area contributed by atoms with Crippen LogP contribution in [-0.2, 0) is 25.1 Å². The quantitative estimate of drug-likeness (QED) is 0.0509. The lowest BCUT2D eigenvalue weighted by Crippen LogP contribution is -2.30. The van der Waals surface area contributed by atoms with Gasteiger partial charge in [0.25, 0.3) is 0 Å². The maximum atomic E-state index is 12.9. The normalized spacial score (nSPS) is 14.0. The van der Waals surface area contributed by atoms with Crippen molar-refractivity contribution in [2.24, 2.45) is 0 Å². The van der Waals surface area contributed by atoms with Crippen molar-refractivity contribution in [1.29, 1.82) is 0 Å². The molecular weight excluding hydrogens is 674 g/mol. The lowest BCUT2D eigenvalue weighted by atomic mass is 10.0. The second-order valence-corrected chi connectivity index (χ2v) is 15.3. The van der Waals surface area contributed by atoms with Crippen LogP contribution in [0.4, 0.5) is 17.3 Å². The molecule has 2 aromatic carbocycles. The fraction of sp³-hybridized carbons (Fsp3) is 0.276. The number of nitrogens with one attached hydrogen (secondary N) is 2. The van der Waals surface area contributed by atoms with Gasteiger partial charge in [-0.2, -0.15) is 10.1 Å². The van der Waals surface area contributed by atoms with E-state index in [9.17, 15) is 38.3 Å². The molecule has 2 aromatic heterocycles. The topological polar surface area (TPSA) is 228 Å². The summed E-state index contributed by atoms with van der Waals surface area (Å²) in [5.74, 6) is -1.30. The average molecular weight is 705 g/mol. The number of anilines is 3. The van der Waals surface area contributed by atoms with Gasteiger partial charge in [-0.1, -0.05) is 36.4 Å². The number of nitrogens with zero attached hydrogens (tertiary/aromatic N) is 4. The minimum Gasteiger partial charge on any atom is -0.424 e. The number of allylic oxidation sites excluding steroid dienone is 1. The van der Waals surface area contributed by atoms with Crippen molar-refractivity contribution in [1.82, 2.24) is 20.2 Å². The van der Waals surface area contributed by atoms with Crippen molar-refractivity contribution in [2.75, 3.05) is 23.3 Å². The lowest BCUT2D eigenvalue weighted by Gasteiger charge is -2.30. The highest BCUT2D eigenvalue weighted by Gasteiger charge is 2.45. The molecule has 47 heavy (non-hydrogen) atoms. The maximum absolute atomic E-state index is 12.9. The second-order valence-electron chi connectivity index (χ2n) is 10.9. The maximum Gasteiger partial charge on any atom is 0.341 e. The molecule has 1 fully saturated rings. The summed E-state index contributed by atoms with van der Waals surface area (Å²) in [7, 11) is -10.7. The zero-order chi connectivity index (χ0) is 33.9. The van der Waals surface area contributed by atoms with Crippen LogP contribution < -0.4 is 15.0 Å². The Kier molecular flexibility index (Phi) is 10.3. The smallest absolute Gasteiger partial charge is 0.341 e. The van der Waals surface area contributed by atoms with E-state index in [4.69, 9.17) is 16.3 Å². The van der Waals surface area contributed by atoms with Crippen LogP contribution in [0, 0.1) is 0 Å². The summed E-state index contributed by atoms with van der Waals surface area (Å²) in [5.41, 5.74) is 2.89. The number of ketones is 1. The van der Waals surface area contributed by atoms with Crippen LogP contribution in [0.2, 0.25) is 5.15 Å². The Morgan fingerprint density at radius 2 is 1.79 bits per heavy atom. The van der Waals surface area contributed by atoms with Crippen molar-refractivity contribution in [3.63, 3.8) is 0 Å². The first-order valence-electron chi connectivity index (χ1n) is 14.4. The summed E-state index contributed by atoms with van der Waals surface area (Å²) >= 11 is 6.40. The van der Waals surface area contributed by atoms with Crippen LogP contribution in [0.5, 0.6) is 5.75 Å². The highest BCUT2D eigenvalue weighted by Crippen LogP contribution is 2.61. The number of fused-ring (bicyclic) bond motifs is 1. The molecule has 4 aromatic rings. The van der Waals surface area contributed by atoms with E-state index < -0.39 is 33.0 Å². The van der Waals surface area contributed by atoms with Crippen LogP contribution >= 0.6 is 26.8 Å². The van der Waals surface area contributed by atoms with Gasteiger partial charge in [0.1, 0.15) is 5.15 Å². The molecule has 1 saturated heterocycles. The predicted molar refractivity (Wildman–Crippen MR) is 175 cm³/mol. The van der Waals surface area contributed by atoms with Crippen LogP contribution in [0.1, 0.15) is 31.2 Å². The summed E-state index contributed by atoms with van der Waals surface area (Å²) in [5, 5.41) is 8.03. The Hall–Kier alpha value is -3.94. The summed E-state index contributed by atoms with van der Waals surface area (Å²) in [4.78, 5) is 73.9. The highest BCUT2D eigenvalue weighted by atomic mass is 35.5. The van der Waals surface area contributed by atoms with Crippen molar-refractivity contribution < 1.29 is 43.0 Å². The first kappa shape index (κ1) is 34.4. The predicted octanol–water partition coefficient (Wildman–Crippen LogP) is 4.68. The third-order valence-corrected chi connectivity index (χ3v) is 11.4. The van der Waals surface area contributed by atoms with Gasteiger partial charge in [-0.25, -0.2) is 4.98 Å². The molecule has 1 aliphatic heterocycles. The van der Waals surface area contributed by atoms with Crippen LogP contribution in [0.3, 0.4) is 0 Å². The zero-order valence-electron chi connectivity index (χ0n) is 24.7. The number of hydrogen-bond donors (Lipinski definition) is 6. The van der Waals surface area contributed by atoms with Gasteiger partial charge in [-0.15, -0.1) is 0 Å². The number of esters is 1.